The summed E-state index contributed by atoms with van der Waals surface area (Å²) in [6.45, 7) is 2.19. The summed E-state index contributed by atoms with van der Waals surface area (Å²) >= 11 is 0. The molecule has 0 saturated heterocycles. The van der Waals surface area contributed by atoms with Crippen LogP contribution in [-0.4, -0.2) is 15.8 Å². The molecule has 2 N–H and O–H groups in total. The first-order chi connectivity index (χ1) is 8.45. The number of phosphoric ester groups is 1. The predicted molar refractivity (Wildman–Crippen MR) is 71.1 cm³/mol. The van der Waals surface area contributed by atoms with Crippen LogP contribution in [0.4, 0.5) is 0 Å². The van der Waals surface area contributed by atoms with Crippen molar-refractivity contribution in [3.63, 3.8) is 0 Å². The first-order valence-corrected chi connectivity index (χ1v) is 8.26. The largest absolute Gasteiger partial charge is 1.00 e. The standard InChI is InChI=1S/C12H25O5P.Na.H/c1-2-3-4-5-6-7-8-9-10-11-12(13)17-18(14,15)16;;/h2-11H2,1H3,(H2,14,15,16);;/q;+1;-1. The Hall–Kier alpha value is 0.620. The molecule has 5 nitrogen and oxygen atoms in total. The number of hydrogen-bond donors (Lipinski definition) is 2. The molecule has 0 saturated carbocycles. The van der Waals surface area contributed by atoms with Gasteiger partial charge in [0.15, 0.2) is 0 Å². The van der Waals surface area contributed by atoms with Gasteiger partial charge in [-0.1, -0.05) is 58.3 Å². The van der Waals surface area contributed by atoms with Crippen LogP contribution in [0.1, 0.15) is 72.6 Å². The molecular weight excluding hydrogens is 278 g/mol. The van der Waals surface area contributed by atoms with Crippen molar-refractivity contribution in [3.8, 4) is 0 Å². The average Bonchev–Trinajstić information content (AvgIpc) is 2.24. The summed E-state index contributed by atoms with van der Waals surface area (Å²) in [6.07, 6.45) is 10.2. The van der Waals surface area contributed by atoms with Crippen molar-refractivity contribution in [1.29, 1.82) is 0 Å². The normalized spacial score (nSPS) is 10.9. The van der Waals surface area contributed by atoms with Crippen molar-refractivity contribution < 1.29 is 54.7 Å². The van der Waals surface area contributed by atoms with E-state index in [0.29, 0.717) is 6.42 Å². The number of phosphoric acid groups is 1. The Morgan fingerprint density at radius 2 is 1.42 bits per heavy atom. The maximum atomic E-state index is 11.0. The Bertz CT molecular complexity index is 273. The molecule has 0 aliphatic rings. The molecule has 0 bridgehead atoms. The van der Waals surface area contributed by atoms with Gasteiger partial charge < -0.3 is 5.95 Å². The van der Waals surface area contributed by atoms with Crippen molar-refractivity contribution in [2.75, 3.05) is 0 Å². The zero-order chi connectivity index (χ0) is 13.9. The van der Waals surface area contributed by atoms with Crippen LogP contribution in [-0.2, 0) is 13.9 Å². The van der Waals surface area contributed by atoms with E-state index in [2.05, 4.69) is 11.4 Å². The molecular formula is C12H26NaO5P. The minimum Gasteiger partial charge on any atom is -1.00 e. The van der Waals surface area contributed by atoms with E-state index in [1.165, 1.54) is 32.1 Å². The Labute approximate surface area is 139 Å². The van der Waals surface area contributed by atoms with Crippen LogP contribution in [0.25, 0.3) is 0 Å². The molecule has 0 atom stereocenters. The van der Waals surface area contributed by atoms with Gasteiger partial charge in [0.2, 0.25) is 0 Å². The van der Waals surface area contributed by atoms with E-state index >= 15 is 0 Å². The van der Waals surface area contributed by atoms with Gasteiger partial charge in [-0.3, -0.25) is 14.6 Å². The average molecular weight is 304 g/mol. The molecule has 7 heteroatoms. The maximum Gasteiger partial charge on any atom is 1.00 e. The van der Waals surface area contributed by atoms with E-state index < -0.39 is 13.8 Å². The first-order valence-electron chi connectivity index (χ1n) is 6.73. The molecule has 0 radical (unpaired) electrons. The molecule has 0 amide bonds. The topological polar surface area (TPSA) is 83.8 Å². The second kappa shape index (κ2) is 13.6. The Morgan fingerprint density at radius 1 is 1.00 bits per heavy atom. The molecule has 110 valence electrons. The SMILES string of the molecule is CCCCCCCCCCCC(=O)OP(=O)(O)O.[H-].[Na+]. The number of carbonyl (C=O) groups is 1. The van der Waals surface area contributed by atoms with Gasteiger partial charge in [-0.05, 0) is 6.42 Å². The summed E-state index contributed by atoms with van der Waals surface area (Å²) in [5.74, 6) is -0.814. The van der Waals surface area contributed by atoms with Gasteiger partial charge >= 0.3 is 43.3 Å². The van der Waals surface area contributed by atoms with Crippen LogP contribution in [0.2, 0.25) is 0 Å². The van der Waals surface area contributed by atoms with Crippen LogP contribution in [0.15, 0.2) is 0 Å². The summed E-state index contributed by atoms with van der Waals surface area (Å²) in [5.41, 5.74) is 0. The quantitative estimate of drug-likeness (QED) is 0.333. The fourth-order valence-corrected chi connectivity index (χ4v) is 2.11. The number of unbranched alkanes of at least 4 members (excludes halogenated alkanes) is 8. The van der Waals surface area contributed by atoms with Crippen molar-refractivity contribution in [1.82, 2.24) is 0 Å². The monoisotopic (exact) mass is 304 g/mol. The molecule has 0 spiro atoms. The van der Waals surface area contributed by atoms with Crippen molar-refractivity contribution in [2.24, 2.45) is 0 Å². The minimum atomic E-state index is -4.65. The van der Waals surface area contributed by atoms with Gasteiger partial charge in [0.25, 0.3) is 0 Å². The van der Waals surface area contributed by atoms with Crippen molar-refractivity contribution in [2.45, 2.75) is 71.1 Å². The van der Waals surface area contributed by atoms with E-state index in [4.69, 9.17) is 9.79 Å². The number of carbonyl (C=O) groups excluding carboxylic acids is 1. The summed E-state index contributed by atoms with van der Waals surface area (Å²) in [6, 6.07) is 0. The van der Waals surface area contributed by atoms with Gasteiger partial charge in [0.05, 0.1) is 0 Å². The van der Waals surface area contributed by atoms with Crippen molar-refractivity contribution >= 4 is 13.8 Å². The maximum absolute atomic E-state index is 11.0. The third-order valence-electron chi connectivity index (χ3n) is 2.71. The van der Waals surface area contributed by atoms with Gasteiger partial charge in [-0.25, -0.2) is 4.57 Å². The van der Waals surface area contributed by atoms with E-state index in [1.807, 2.05) is 0 Å². The van der Waals surface area contributed by atoms with Gasteiger partial charge in [-0.2, -0.15) is 0 Å². The zero-order valence-corrected chi connectivity index (χ0v) is 15.0. The van der Waals surface area contributed by atoms with E-state index in [0.717, 1.165) is 19.3 Å². The molecule has 0 heterocycles. The molecule has 0 fully saturated rings. The number of hydrogen-bond acceptors (Lipinski definition) is 3. The molecule has 19 heavy (non-hydrogen) atoms. The molecule has 0 aromatic heterocycles. The molecule has 0 unspecified atom stereocenters. The van der Waals surface area contributed by atoms with Crippen LogP contribution in [0.3, 0.4) is 0 Å². The van der Waals surface area contributed by atoms with Crippen LogP contribution in [0, 0.1) is 0 Å². The second-order valence-corrected chi connectivity index (χ2v) is 5.70. The van der Waals surface area contributed by atoms with E-state index in [9.17, 15) is 9.36 Å². The van der Waals surface area contributed by atoms with Crippen molar-refractivity contribution in [3.05, 3.63) is 0 Å². The Kier molecular flexibility index (Phi) is 15.7. The smallest absolute Gasteiger partial charge is 1.00 e. The first kappa shape index (κ1) is 21.9. The van der Waals surface area contributed by atoms with Crippen LogP contribution < -0.4 is 29.6 Å². The molecule has 0 rings (SSSR count). The fourth-order valence-electron chi connectivity index (χ4n) is 1.76. The third kappa shape index (κ3) is 18.6. The molecule has 0 aliphatic heterocycles. The fraction of sp³-hybridized carbons (Fsp3) is 0.917. The summed E-state index contributed by atoms with van der Waals surface area (Å²) in [7, 11) is -4.65. The summed E-state index contributed by atoms with van der Waals surface area (Å²) in [5, 5.41) is 0. The second-order valence-electron chi connectivity index (χ2n) is 4.53. The minimum absolute atomic E-state index is 0. The van der Waals surface area contributed by atoms with Crippen LogP contribution in [0.5, 0.6) is 0 Å². The van der Waals surface area contributed by atoms with E-state index in [-0.39, 0.29) is 37.4 Å². The summed E-state index contributed by atoms with van der Waals surface area (Å²) in [4.78, 5) is 27.8. The molecule has 0 aromatic carbocycles. The molecule has 0 aromatic rings. The zero-order valence-electron chi connectivity index (χ0n) is 13.1. The van der Waals surface area contributed by atoms with Gasteiger partial charge in [0, 0.05) is 6.42 Å². The Balaban J connectivity index is -0.00000144. The summed E-state index contributed by atoms with van der Waals surface area (Å²) < 4.78 is 14.3. The number of rotatable bonds is 11. The predicted octanol–water partition coefficient (Wildman–Crippen LogP) is 0.660. The van der Waals surface area contributed by atoms with E-state index in [1.54, 1.807) is 0 Å². The van der Waals surface area contributed by atoms with Gasteiger partial charge in [0.1, 0.15) is 0 Å². The third-order valence-corrected chi connectivity index (χ3v) is 3.15. The molecule has 0 aliphatic carbocycles. The Morgan fingerprint density at radius 3 is 1.84 bits per heavy atom. The van der Waals surface area contributed by atoms with Gasteiger partial charge in [-0.15, -0.1) is 0 Å². The van der Waals surface area contributed by atoms with Crippen LogP contribution >= 0.6 is 7.82 Å².